The lowest BCUT2D eigenvalue weighted by atomic mass is 9.94. The van der Waals surface area contributed by atoms with E-state index >= 15 is 0 Å². The lowest BCUT2D eigenvalue weighted by Crippen LogP contribution is -2.33. The highest BCUT2D eigenvalue weighted by Crippen LogP contribution is 2.20. The Kier molecular flexibility index (Phi) is 26.9. The first-order valence-corrected chi connectivity index (χ1v) is 16.4. The van der Waals surface area contributed by atoms with Crippen LogP contribution >= 0.6 is 0 Å². The zero-order chi connectivity index (χ0) is 28.3. The van der Waals surface area contributed by atoms with Gasteiger partial charge in [-0.05, 0) is 65.7 Å². The number of ether oxygens (including phenoxy) is 1. The first-order chi connectivity index (χ1) is 18.4. The van der Waals surface area contributed by atoms with E-state index in [1.54, 1.807) is 6.92 Å². The van der Waals surface area contributed by atoms with Crippen LogP contribution in [-0.2, 0) is 14.3 Å². The van der Waals surface area contributed by atoms with Crippen molar-refractivity contribution in [3.8, 4) is 0 Å². The van der Waals surface area contributed by atoms with Crippen LogP contribution in [0.25, 0.3) is 0 Å². The van der Waals surface area contributed by atoms with E-state index < -0.39 is 0 Å². The molecule has 0 aromatic rings. The standard InChI is InChI=1S/C33H66N2O3/c1-6-8-10-12-14-15-17-19-24-32(23-18-16-13-11-9-7-2)30-38-33(37)25-21-27-35(29-28-34(4)5)26-20-22-31(3)36/h32H,6-30H2,1-5H3. The molecule has 0 saturated heterocycles. The highest BCUT2D eigenvalue weighted by Gasteiger charge is 2.13. The molecule has 5 nitrogen and oxygen atoms in total. The summed E-state index contributed by atoms with van der Waals surface area (Å²) in [5.41, 5.74) is 0. The van der Waals surface area contributed by atoms with Crippen LogP contribution in [0.4, 0.5) is 0 Å². The number of carbonyl (C=O) groups excluding carboxylic acids is 2. The summed E-state index contributed by atoms with van der Waals surface area (Å²) < 4.78 is 5.80. The quantitative estimate of drug-likeness (QED) is 0.0706. The topological polar surface area (TPSA) is 49.9 Å². The predicted molar refractivity (Wildman–Crippen MR) is 164 cm³/mol. The predicted octanol–water partition coefficient (Wildman–Crippen LogP) is 8.44. The molecule has 0 N–H and O–H groups in total. The van der Waals surface area contributed by atoms with Gasteiger partial charge in [0.25, 0.3) is 0 Å². The van der Waals surface area contributed by atoms with E-state index in [1.807, 2.05) is 0 Å². The van der Waals surface area contributed by atoms with Crippen LogP contribution in [0.3, 0.4) is 0 Å². The van der Waals surface area contributed by atoms with E-state index in [0.717, 1.165) is 39.0 Å². The zero-order valence-corrected chi connectivity index (χ0v) is 26.4. The Hall–Kier alpha value is -0.940. The number of unbranched alkanes of at least 4 members (excludes halogenated alkanes) is 12. The van der Waals surface area contributed by atoms with Crippen LogP contribution in [-0.4, -0.2) is 68.4 Å². The molecule has 0 aliphatic heterocycles. The normalized spacial score (nSPS) is 12.4. The Morgan fingerprint density at radius 3 is 1.55 bits per heavy atom. The largest absolute Gasteiger partial charge is 0.465 e. The van der Waals surface area contributed by atoms with Gasteiger partial charge in [-0.15, -0.1) is 0 Å². The summed E-state index contributed by atoms with van der Waals surface area (Å²) in [6.07, 6.45) is 23.9. The molecule has 0 aromatic heterocycles. The second-order valence-corrected chi connectivity index (χ2v) is 11.9. The second-order valence-electron chi connectivity index (χ2n) is 11.9. The SMILES string of the molecule is CCCCCCCCCCC(CCCCCCCC)COC(=O)CCCN(CCCC(C)=O)CCN(C)C. The molecule has 0 spiro atoms. The Morgan fingerprint density at radius 1 is 0.605 bits per heavy atom. The summed E-state index contributed by atoms with van der Waals surface area (Å²) in [6, 6.07) is 0. The van der Waals surface area contributed by atoms with Crippen molar-refractivity contribution < 1.29 is 14.3 Å². The number of likely N-dealkylation sites (N-methyl/N-ethyl adjacent to an activating group) is 1. The lowest BCUT2D eigenvalue weighted by molar-refractivity contribution is -0.145. The average Bonchev–Trinajstić information content (AvgIpc) is 2.88. The highest BCUT2D eigenvalue weighted by atomic mass is 16.5. The van der Waals surface area contributed by atoms with Gasteiger partial charge in [0.15, 0.2) is 0 Å². The maximum Gasteiger partial charge on any atom is 0.305 e. The third-order valence-corrected chi connectivity index (χ3v) is 7.63. The van der Waals surface area contributed by atoms with Crippen molar-refractivity contribution >= 4 is 11.8 Å². The van der Waals surface area contributed by atoms with E-state index in [1.165, 1.54) is 103 Å². The fourth-order valence-electron chi connectivity index (χ4n) is 5.05. The Balaban J connectivity index is 4.37. The molecule has 1 atom stereocenters. The summed E-state index contributed by atoms with van der Waals surface area (Å²) in [5.74, 6) is 0.738. The van der Waals surface area contributed by atoms with Crippen LogP contribution in [0, 0.1) is 5.92 Å². The number of Topliss-reactive ketones (excluding diaryl/α,β-unsaturated/α-hetero) is 1. The van der Waals surface area contributed by atoms with Gasteiger partial charge in [-0.25, -0.2) is 0 Å². The Bertz CT molecular complexity index is 538. The number of esters is 1. The van der Waals surface area contributed by atoms with Crippen LogP contribution in [0.15, 0.2) is 0 Å². The van der Waals surface area contributed by atoms with Crippen molar-refractivity contribution in [3.05, 3.63) is 0 Å². The van der Waals surface area contributed by atoms with Crippen molar-refractivity contribution in [2.75, 3.05) is 46.9 Å². The molecule has 0 bridgehead atoms. The average molecular weight is 539 g/mol. The van der Waals surface area contributed by atoms with Gasteiger partial charge in [-0.3, -0.25) is 4.79 Å². The summed E-state index contributed by atoms with van der Waals surface area (Å²) in [5, 5.41) is 0. The highest BCUT2D eigenvalue weighted by molar-refractivity contribution is 5.75. The van der Waals surface area contributed by atoms with Crippen LogP contribution in [0.5, 0.6) is 0 Å². The van der Waals surface area contributed by atoms with Gasteiger partial charge in [0.1, 0.15) is 5.78 Å². The van der Waals surface area contributed by atoms with E-state index in [4.69, 9.17) is 4.74 Å². The van der Waals surface area contributed by atoms with Gasteiger partial charge in [0, 0.05) is 25.9 Å². The minimum atomic E-state index is -0.0369. The van der Waals surface area contributed by atoms with Crippen molar-refractivity contribution in [2.24, 2.45) is 5.92 Å². The summed E-state index contributed by atoms with van der Waals surface area (Å²) in [7, 11) is 4.17. The number of hydrogen-bond donors (Lipinski definition) is 0. The molecule has 0 aromatic carbocycles. The summed E-state index contributed by atoms with van der Waals surface area (Å²) >= 11 is 0. The van der Waals surface area contributed by atoms with E-state index in [-0.39, 0.29) is 11.8 Å². The van der Waals surface area contributed by atoms with Crippen LogP contribution in [0.2, 0.25) is 0 Å². The second kappa shape index (κ2) is 27.6. The molecule has 5 heteroatoms. The number of nitrogens with zero attached hydrogens (tertiary/aromatic N) is 2. The van der Waals surface area contributed by atoms with Crippen LogP contribution in [0.1, 0.15) is 149 Å². The number of ketones is 1. The van der Waals surface area contributed by atoms with Crippen molar-refractivity contribution in [2.45, 2.75) is 149 Å². The molecule has 0 fully saturated rings. The molecule has 0 aliphatic carbocycles. The van der Waals surface area contributed by atoms with Gasteiger partial charge in [-0.1, -0.05) is 104 Å². The minimum absolute atomic E-state index is 0.0369. The molecule has 38 heavy (non-hydrogen) atoms. The zero-order valence-electron chi connectivity index (χ0n) is 26.4. The van der Waals surface area contributed by atoms with Gasteiger partial charge in [0.2, 0.25) is 0 Å². The molecule has 0 saturated carbocycles. The van der Waals surface area contributed by atoms with E-state index in [0.29, 0.717) is 25.4 Å². The molecule has 0 amide bonds. The van der Waals surface area contributed by atoms with Gasteiger partial charge in [-0.2, -0.15) is 0 Å². The molecule has 0 aliphatic rings. The molecule has 1 unspecified atom stereocenters. The van der Waals surface area contributed by atoms with Crippen molar-refractivity contribution in [3.63, 3.8) is 0 Å². The third-order valence-electron chi connectivity index (χ3n) is 7.63. The molecule has 226 valence electrons. The summed E-state index contributed by atoms with van der Waals surface area (Å²) in [6.45, 7) is 10.6. The number of hydrogen-bond acceptors (Lipinski definition) is 5. The molecular formula is C33H66N2O3. The number of rotatable bonds is 29. The lowest BCUT2D eigenvalue weighted by Gasteiger charge is -2.24. The van der Waals surface area contributed by atoms with E-state index in [2.05, 4.69) is 37.7 Å². The smallest absolute Gasteiger partial charge is 0.305 e. The fourth-order valence-corrected chi connectivity index (χ4v) is 5.05. The molecule has 0 heterocycles. The molecular weight excluding hydrogens is 472 g/mol. The first kappa shape index (κ1) is 37.1. The van der Waals surface area contributed by atoms with Crippen molar-refractivity contribution in [1.82, 2.24) is 9.80 Å². The summed E-state index contributed by atoms with van der Waals surface area (Å²) in [4.78, 5) is 28.4. The van der Waals surface area contributed by atoms with Gasteiger partial charge >= 0.3 is 5.97 Å². The maximum atomic E-state index is 12.6. The monoisotopic (exact) mass is 539 g/mol. The Morgan fingerprint density at radius 2 is 1.08 bits per heavy atom. The van der Waals surface area contributed by atoms with Crippen molar-refractivity contribution in [1.29, 1.82) is 0 Å². The number of carbonyl (C=O) groups is 2. The Labute approximate surface area is 237 Å². The maximum absolute atomic E-state index is 12.6. The molecule has 0 radical (unpaired) electrons. The van der Waals surface area contributed by atoms with E-state index in [9.17, 15) is 9.59 Å². The van der Waals surface area contributed by atoms with Gasteiger partial charge < -0.3 is 19.3 Å². The molecule has 0 rings (SSSR count). The third kappa shape index (κ3) is 26.7. The first-order valence-electron chi connectivity index (χ1n) is 16.4. The fraction of sp³-hybridized carbons (Fsp3) is 0.939. The van der Waals surface area contributed by atoms with Crippen LogP contribution < -0.4 is 0 Å². The van der Waals surface area contributed by atoms with Gasteiger partial charge in [0.05, 0.1) is 6.61 Å². The minimum Gasteiger partial charge on any atom is -0.465 e.